The Bertz CT molecular complexity index is 319. The summed E-state index contributed by atoms with van der Waals surface area (Å²) in [5.41, 5.74) is 0.515. The highest BCUT2D eigenvalue weighted by atomic mass is 35.5. The molecule has 3 heteroatoms. The molecule has 0 aliphatic rings. The van der Waals surface area contributed by atoms with Crippen molar-refractivity contribution < 1.29 is 8.78 Å². The molecular weight excluding hydrogens is 206 g/mol. The minimum atomic E-state index is -0.695. The molecule has 0 radical (unpaired) electrons. The molecule has 1 aromatic carbocycles. The average molecular weight is 219 g/mol. The lowest BCUT2D eigenvalue weighted by molar-refractivity contribution is 0.540. The van der Waals surface area contributed by atoms with Crippen molar-refractivity contribution >= 4 is 11.6 Å². The molecule has 0 aliphatic heterocycles. The van der Waals surface area contributed by atoms with E-state index >= 15 is 0 Å². The highest BCUT2D eigenvalue weighted by Crippen LogP contribution is 2.30. The van der Waals surface area contributed by atoms with Crippen molar-refractivity contribution in [1.29, 1.82) is 0 Å². The summed E-state index contributed by atoms with van der Waals surface area (Å²) in [7, 11) is 0. The van der Waals surface area contributed by atoms with Crippen molar-refractivity contribution in [3.63, 3.8) is 0 Å². The van der Waals surface area contributed by atoms with Gasteiger partial charge in [0, 0.05) is 0 Å². The lowest BCUT2D eigenvalue weighted by Gasteiger charge is -2.14. The number of hydrogen-bond acceptors (Lipinski definition) is 0. The third-order valence-corrected chi connectivity index (χ3v) is 2.84. The molecule has 0 fully saturated rings. The Morgan fingerprint density at radius 2 is 1.79 bits per heavy atom. The summed E-state index contributed by atoms with van der Waals surface area (Å²) in [5, 5.41) is -0.394. The van der Waals surface area contributed by atoms with E-state index in [0.29, 0.717) is 5.56 Å². The molecule has 0 heterocycles. The Balaban J connectivity index is 3.16. The molecule has 0 nitrogen and oxygen atoms in total. The largest absolute Gasteiger partial charge is 0.205 e. The molecule has 14 heavy (non-hydrogen) atoms. The molecule has 0 aromatic heterocycles. The topological polar surface area (TPSA) is 0 Å². The van der Waals surface area contributed by atoms with Crippen LogP contribution >= 0.6 is 11.6 Å². The van der Waals surface area contributed by atoms with Crippen LogP contribution in [0.15, 0.2) is 12.1 Å². The summed E-state index contributed by atoms with van der Waals surface area (Å²) in [5.74, 6) is -1.19. The lowest BCUT2D eigenvalue weighted by Crippen LogP contribution is -2.00. The Morgan fingerprint density at radius 1 is 1.21 bits per heavy atom. The van der Waals surface area contributed by atoms with Crippen LogP contribution in [0.1, 0.15) is 38.2 Å². The van der Waals surface area contributed by atoms with Gasteiger partial charge in [0.05, 0.1) is 0 Å². The monoisotopic (exact) mass is 218 g/mol. The van der Waals surface area contributed by atoms with Gasteiger partial charge in [-0.25, -0.2) is 8.78 Å². The van der Waals surface area contributed by atoms with Crippen LogP contribution < -0.4 is 0 Å². The predicted octanol–water partition coefficient (Wildman–Crippen LogP) is 4.52. The molecule has 0 saturated carbocycles. The van der Waals surface area contributed by atoms with Gasteiger partial charge in [-0.05, 0) is 30.4 Å². The Morgan fingerprint density at radius 3 is 2.29 bits per heavy atom. The van der Waals surface area contributed by atoms with E-state index in [9.17, 15) is 8.78 Å². The normalized spacial score (nSPS) is 11.0. The van der Waals surface area contributed by atoms with Gasteiger partial charge in [0.2, 0.25) is 0 Å². The van der Waals surface area contributed by atoms with Gasteiger partial charge >= 0.3 is 0 Å². The van der Waals surface area contributed by atoms with Gasteiger partial charge in [0.1, 0.15) is 16.7 Å². The lowest BCUT2D eigenvalue weighted by atomic mass is 9.93. The molecule has 0 unspecified atom stereocenters. The maximum Gasteiger partial charge on any atom is 0.148 e. The van der Waals surface area contributed by atoms with E-state index in [1.54, 1.807) is 0 Å². The van der Waals surface area contributed by atoms with E-state index in [1.165, 1.54) is 12.1 Å². The van der Waals surface area contributed by atoms with Crippen molar-refractivity contribution in [3.05, 3.63) is 34.4 Å². The van der Waals surface area contributed by atoms with Crippen molar-refractivity contribution in [3.8, 4) is 0 Å². The zero-order valence-electron chi connectivity index (χ0n) is 8.28. The van der Waals surface area contributed by atoms with E-state index < -0.39 is 16.7 Å². The highest BCUT2D eigenvalue weighted by Gasteiger charge is 2.16. The maximum atomic E-state index is 13.5. The second-order valence-corrected chi connectivity index (χ2v) is 3.66. The summed E-state index contributed by atoms with van der Waals surface area (Å²) in [6, 6.07) is 2.70. The highest BCUT2D eigenvalue weighted by molar-refractivity contribution is 6.30. The molecule has 0 atom stereocenters. The van der Waals surface area contributed by atoms with Gasteiger partial charge in [-0.1, -0.05) is 31.5 Å². The molecule has 1 rings (SSSR count). The Hall–Kier alpha value is -0.630. The summed E-state index contributed by atoms with van der Waals surface area (Å²) < 4.78 is 26.4. The van der Waals surface area contributed by atoms with E-state index in [0.717, 1.165) is 12.8 Å². The van der Waals surface area contributed by atoms with Crippen molar-refractivity contribution in [2.75, 3.05) is 0 Å². The van der Waals surface area contributed by atoms with Gasteiger partial charge in [-0.15, -0.1) is 0 Å². The van der Waals surface area contributed by atoms with Gasteiger partial charge in [0.15, 0.2) is 0 Å². The van der Waals surface area contributed by atoms with Gasteiger partial charge < -0.3 is 0 Å². The van der Waals surface area contributed by atoms with Crippen molar-refractivity contribution in [2.45, 2.75) is 32.6 Å². The zero-order chi connectivity index (χ0) is 10.7. The number of benzene rings is 1. The van der Waals surface area contributed by atoms with Crippen LogP contribution in [0.3, 0.4) is 0 Å². The summed E-state index contributed by atoms with van der Waals surface area (Å²) in [4.78, 5) is 0. The summed E-state index contributed by atoms with van der Waals surface area (Å²) in [6.45, 7) is 3.95. The SMILES string of the molecule is CCC(CC)c1ccc(F)c(Cl)c1F. The van der Waals surface area contributed by atoms with Crippen LogP contribution in [0.5, 0.6) is 0 Å². The molecule has 1 aromatic rings. The maximum absolute atomic E-state index is 13.5. The number of hydrogen-bond donors (Lipinski definition) is 0. The molecule has 0 amide bonds. The van der Waals surface area contributed by atoms with Crippen LogP contribution in [0.25, 0.3) is 0 Å². The first-order valence-corrected chi connectivity index (χ1v) is 5.12. The third kappa shape index (κ3) is 2.06. The van der Waals surface area contributed by atoms with Crippen molar-refractivity contribution in [1.82, 2.24) is 0 Å². The number of halogens is 3. The zero-order valence-corrected chi connectivity index (χ0v) is 9.04. The average Bonchev–Trinajstić information content (AvgIpc) is 2.19. The number of rotatable bonds is 3. The van der Waals surface area contributed by atoms with Crippen LogP contribution in [0.2, 0.25) is 5.02 Å². The smallest absolute Gasteiger partial charge is 0.148 e. The second-order valence-electron chi connectivity index (χ2n) is 3.28. The first-order valence-electron chi connectivity index (χ1n) is 4.75. The van der Waals surface area contributed by atoms with Crippen LogP contribution in [0, 0.1) is 11.6 Å². The van der Waals surface area contributed by atoms with Crippen molar-refractivity contribution in [2.24, 2.45) is 0 Å². The molecule has 0 N–H and O–H groups in total. The molecule has 78 valence electrons. The summed E-state index contributed by atoms with van der Waals surface area (Å²) in [6.07, 6.45) is 1.66. The van der Waals surface area contributed by atoms with E-state index in [1.807, 2.05) is 13.8 Å². The molecule has 0 aliphatic carbocycles. The Labute approximate surface area is 87.9 Å². The van der Waals surface area contributed by atoms with E-state index in [-0.39, 0.29) is 5.92 Å². The molecular formula is C11H13ClF2. The minimum Gasteiger partial charge on any atom is -0.205 e. The Kier molecular flexibility index (Phi) is 3.87. The minimum absolute atomic E-state index is 0.119. The standard InChI is InChI=1S/C11H13ClF2/c1-3-7(4-2)8-5-6-9(13)10(12)11(8)14/h5-7H,3-4H2,1-2H3. The fraction of sp³-hybridized carbons (Fsp3) is 0.455. The molecule has 0 bridgehead atoms. The molecule has 0 saturated heterocycles. The molecule has 0 spiro atoms. The second kappa shape index (κ2) is 4.74. The first kappa shape index (κ1) is 11.4. The van der Waals surface area contributed by atoms with Crippen LogP contribution in [-0.2, 0) is 0 Å². The quantitative estimate of drug-likeness (QED) is 0.655. The van der Waals surface area contributed by atoms with Gasteiger partial charge in [-0.3, -0.25) is 0 Å². The van der Waals surface area contributed by atoms with E-state index in [4.69, 9.17) is 11.6 Å². The predicted molar refractivity (Wildman–Crippen MR) is 54.7 cm³/mol. The fourth-order valence-electron chi connectivity index (χ4n) is 1.58. The van der Waals surface area contributed by atoms with Gasteiger partial charge in [-0.2, -0.15) is 0 Å². The van der Waals surface area contributed by atoms with E-state index in [2.05, 4.69) is 0 Å². The van der Waals surface area contributed by atoms with Crippen LogP contribution in [-0.4, -0.2) is 0 Å². The van der Waals surface area contributed by atoms with Gasteiger partial charge in [0.25, 0.3) is 0 Å². The summed E-state index contributed by atoms with van der Waals surface area (Å²) >= 11 is 5.49. The fourth-order valence-corrected chi connectivity index (χ4v) is 1.76. The first-order chi connectivity index (χ1) is 6.61. The third-order valence-electron chi connectivity index (χ3n) is 2.49. The van der Waals surface area contributed by atoms with Crippen LogP contribution in [0.4, 0.5) is 8.78 Å².